The lowest BCUT2D eigenvalue weighted by Gasteiger charge is -2.42. The van der Waals surface area contributed by atoms with Crippen molar-refractivity contribution in [3.63, 3.8) is 0 Å². The molecule has 1 aliphatic rings. The fraction of sp³-hybridized carbons (Fsp3) is 0.647. The van der Waals surface area contributed by atoms with Gasteiger partial charge in [-0.05, 0) is 36.3 Å². The Morgan fingerprint density at radius 3 is 2.58 bits per heavy atom. The van der Waals surface area contributed by atoms with E-state index >= 15 is 0 Å². The Bertz CT molecular complexity index is 398. The molecule has 0 heterocycles. The Kier molecular flexibility index (Phi) is 4.64. The molecule has 0 spiro atoms. The van der Waals surface area contributed by atoms with E-state index < -0.39 is 11.7 Å². The zero-order chi connectivity index (χ0) is 13.9. The van der Waals surface area contributed by atoms with Crippen LogP contribution in [0.3, 0.4) is 0 Å². The van der Waals surface area contributed by atoms with Crippen molar-refractivity contribution >= 4 is 0 Å². The molecule has 1 aromatic rings. The van der Waals surface area contributed by atoms with Gasteiger partial charge in [0.15, 0.2) is 0 Å². The van der Waals surface area contributed by atoms with Crippen molar-refractivity contribution in [1.82, 2.24) is 0 Å². The fourth-order valence-electron chi connectivity index (χ4n) is 3.33. The zero-order valence-electron chi connectivity index (χ0n) is 12.4. The molecule has 1 aromatic carbocycles. The molecule has 1 saturated carbocycles. The quantitative estimate of drug-likeness (QED) is 0.892. The predicted octanol–water partition coefficient (Wildman–Crippen LogP) is 3.88. The smallest absolute Gasteiger partial charge is 0.108 e. The normalized spacial score (nSPS) is 29.2. The van der Waals surface area contributed by atoms with Crippen LogP contribution in [-0.4, -0.2) is 17.8 Å². The topological polar surface area (TPSA) is 29.5 Å². The Balaban J connectivity index is 2.21. The standard InChI is InChI=1S/C17H26O2/c1-4-14-7-9-15(10-8-14)16(18)17(19-3)11-5-6-13(2)12-17/h7-10,13,16,18H,4-6,11-12H2,1-3H3. The molecule has 3 atom stereocenters. The molecule has 2 nitrogen and oxygen atoms in total. The molecule has 1 aliphatic carbocycles. The summed E-state index contributed by atoms with van der Waals surface area (Å²) < 4.78 is 5.77. The number of aliphatic hydroxyl groups excluding tert-OH is 1. The van der Waals surface area contributed by atoms with Gasteiger partial charge in [0, 0.05) is 7.11 Å². The van der Waals surface area contributed by atoms with E-state index in [1.54, 1.807) is 7.11 Å². The van der Waals surface area contributed by atoms with E-state index in [1.807, 2.05) is 12.1 Å². The van der Waals surface area contributed by atoms with Crippen LogP contribution >= 0.6 is 0 Å². The molecule has 0 radical (unpaired) electrons. The molecule has 0 aliphatic heterocycles. The van der Waals surface area contributed by atoms with Gasteiger partial charge in [-0.3, -0.25) is 0 Å². The number of hydrogen-bond donors (Lipinski definition) is 1. The molecule has 0 amide bonds. The van der Waals surface area contributed by atoms with Gasteiger partial charge in [0.1, 0.15) is 6.10 Å². The number of methoxy groups -OCH3 is 1. The van der Waals surface area contributed by atoms with Gasteiger partial charge in [0.05, 0.1) is 5.60 Å². The number of benzene rings is 1. The van der Waals surface area contributed by atoms with Gasteiger partial charge in [-0.25, -0.2) is 0 Å². The van der Waals surface area contributed by atoms with E-state index in [9.17, 15) is 5.11 Å². The predicted molar refractivity (Wildman–Crippen MR) is 78.2 cm³/mol. The maximum absolute atomic E-state index is 10.8. The van der Waals surface area contributed by atoms with Crippen molar-refractivity contribution in [3.8, 4) is 0 Å². The zero-order valence-corrected chi connectivity index (χ0v) is 12.4. The highest BCUT2D eigenvalue weighted by Crippen LogP contribution is 2.43. The first-order chi connectivity index (χ1) is 9.11. The second-order valence-electron chi connectivity index (χ2n) is 5.97. The minimum atomic E-state index is -0.522. The summed E-state index contributed by atoms with van der Waals surface area (Å²) in [6.45, 7) is 4.39. The third-order valence-electron chi connectivity index (χ3n) is 4.60. The summed E-state index contributed by atoms with van der Waals surface area (Å²) in [5, 5.41) is 10.8. The van der Waals surface area contributed by atoms with Gasteiger partial charge in [0.25, 0.3) is 0 Å². The monoisotopic (exact) mass is 262 g/mol. The molecule has 2 heteroatoms. The largest absolute Gasteiger partial charge is 0.385 e. The molecule has 0 saturated heterocycles. The molecule has 2 rings (SSSR count). The summed E-state index contributed by atoms with van der Waals surface area (Å²) in [5.74, 6) is 0.623. The molecule has 1 fully saturated rings. The highest BCUT2D eigenvalue weighted by molar-refractivity contribution is 5.26. The number of aliphatic hydroxyl groups is 1. The minimum absolute atomic E-state index is 0.397. The van der Waals surface area contributed by atoms with Crippen molar-refractivity contribution in [1.29, 1.82) is 0 Å². The van der Waals surface area contributed by atoms with Gasteiger partial charge >= 0.3 is 0 Å². The highest BCUT2D eigenvalue weighted by Gasteiger charge is 2.42. The minimum Gasteiger partial charge on any atom is -0.385 e. The van der Waals surface area contributed by atoms with E-state index in [0.717, 1.165) is 31.2 Å². The van der Waals surface area contributed by atoms with E-state index in [2.05, 4.69) is 26.0 Å². The molecule has 19 heavy (non-hydrogen) atoms. The summed E-state index contributed by atoms with van der Waals surface area (Å²) >= 11 is 0. The van der Waals surface area contributed by atoms with Crippen molar-refractivity contribution < 1.29 is 9.84 Å². The molecular formula is C17H26O2. The molecule has 0 aromatic heterocycles. The van der Waals surface area contributed by atoms with Crippen LogP contribution in [0, 0.1) is 5.92 Å². The average Bonchev–Trinajstić information content (AvgIpc) is 2.46. The third kappa shape index (κ3) is 3.01. The second kappa shape index (κ2) is 6.06. The van der Waals surface area contributed by atoms with Gasteiger partial charge in [-0.1, -0.05) is 51.0 Å². The second-order valence-corrected chi connectivity index (χ2v) is 5.97. The van der Waals surface area contributed by atoms with Gasteiger partial charge < -0.3 is 9.84 Å². The summed E-state index contributed by atoms with van der Waals surface area (Å²) in [5.41, 5.74) is 1.89. The van der Waals surface area contributed by atoms with Crippen molar-refractivity contribution in [2.75, 3.05) is 7.11 Å². The van der Waals surface area contributed by atoms with E-state index in [1.165, 1.54) is 12.0 Å². The lowest BCUT2D eigenvalue weighted by molar-refractivity contribution is -0.134. The summed E-state index contributed by atoms with van der Waals surface area (Å²) in [6.07, 6.45) is 4.78. The summed E-state index contributed by atoms with van der Waals surface area (Å²) in [4.78, 5) is 0. The van der Waals surface area contributed by atoms with Gasteiger partial charge in [0.2, 0.25) is 0 Å². The van der Waals surface area contributed by atoms with Crippen LogP contribution in [0.25, 0.3) is 0 Å². The van der Waals surface area contributed by atoms with Gasteiger partial charge in [-0.15, -0.1) is 0 Å². The van der Waals surface area contributed by atoms with Crippen molar-refractivity contribution in [3.05, 3.63) is 35.4 Å². The summed E-state index contributed by atoms with van der Waals surface area (Å²) in [6, 6.07) is 8.30. The van der Waals surface area contributed by atoms with Crippen LogP contribution in [0.4, 0.5) is 0 Å². The Morgan fingerprint density at radius 1 is 1.37 bits per heavy atom. The number of rotatable bonds is 4. The molecule has 1 N–H and O–H groups in total. The first kappa shape index (κ1) is 14.5. The van der Waals surface area contributed by atoms with Crippen molar-refractivity contribution in [2.24, 2.45) is 5.92 Å². The Hall–Kier alpha value is -0.860. The Labute approximate surface area is 116 Å². The van der Waals surface area contributed by atoms with Crippen LogP contribution in [0.5, 0.6) is 0 Å². The number of ether oxygens (including phenoxy) is 1. The first-order valence-electron chi connectivity index (χ1n) is 7.43. The Morgan fingerprint density at radius 2 is 2.05 bits per heavy atom. The lowest BCUT2D eigenvalue weighted by Crippen LogP contribution is -2.42. The van der Waals surface area contributed by atoms with Crippen LogP contribution in [0.2, 0.25) is 0 Å². The van der Waals surface area contributed by atoms with E-state index in [0.29, 0.717) is 5.92 Å². The number of aryl methyl sites for hydroxylation is 1. The third-order valence-corrected chi connectivity index (χ3v) is 4.60. The highest BCUT2D eigenvalue weighted by atomic mass is 16.5. The van der Waals surface area contributed by atoms with E-state index in [-0.39, 0.29) is 0 Å². The SMILES string of the molecule is CCc1ccc(C(O)C2(OC)CCCC(C)C2)cc1. The molecule has 0 bridgehead atoms. The van der Waals surface area contributed by atoms with E-state index in [4.69, 9.17) is 4.74 Å². The van der Waals surface area contributed by atoms with Gasteiger partial charge in [-0.2, -0.15) is 0 Å². The van der Waals surface area contributed by atoms with Crippen LogP contribution in [-0.2, 0) is 11.2 Å². The maximum Gasteiger partial charge on any atom is 0.108 e. The lowest BCUT2D eigenvalue weighted by atomic mass is 9.74. The molecule has 106 valence electrons. The molecule has 3 unspecified atom stereocenters. The number of hydrogen-bond acceptors (Lipinski definition) is 2. The van der Waals surface area contributed by atoms with Crippen molar-refractivity contribution in [2.45, 2.75) is 57.7 Å². The summed E-state index contributed by atoms with van der Waals surface area (Å²) in [7, 11) is 1.74. The average molecular weight is 262 g/mol. The van der Waals surface area contributed by atoms with Crippen LogP contribution in [0.15, 0.2) is 24.3 Å². The molecular weight excluding hydrogens is 236 g/mol. The van der Waals surface area contributed by atoms with Crippen LogP contribution < -0.4 is 0 Å². The maximum atomic E-state index is 10.8. The first-order valence-corrected chi connectivity index (χ1v) is 7.43. The van der Waals surface area contributed by atoms with Crippen LogP contribution in [0.1, 0.15) is 56.8 Å². The fourth-order valence-corrected chi connectivity index (χ4v) is 3.33.